The van der Waals surface area contributed by atoms with Crippen LogP contribution in [0.3, 0.4) is 0 Å². The molecule has 1 fully saturated rings. The number of nitrogens with one attached hydrogen (secondary N) is 1. The number of rotatable bonds is 6. The minimum absolute atomic E-state index is 0.630. The molecule has 90 valence electrons. The van der Waals surface area contributed by atoms with Crippen molar-refractivity contribution < 1.29 is 0 Å². The minimum atomic E-state index is 0.630. The Morgan fingerprint density at radius 2 is 2.20 bits per heavy atom. The Balaban J connectivity index is 2.17. The van der Waals surface area contributed by atoms with E-state index < -0.39 is 0 Å². The first-order chi connectivity index (χ1) is 7.13. The van der Waals surface area contributed by atoms with E-state index in [2.05, 4.69) is 43.1 Å². The highest BCUT2D eigenvalue weighted by atomic mass is 15.2. The van der Waals surface area contributed by atoms with Crippen LogP contribution in [0.2, 0.25) is 0 Å². The number of likely N-dealkylation sites (tertiary alicyclic amines) is 1. The van der Waals surface area contributed by atoms with Gasteiger partial charge in [-0.25, -0.2) is 0 Å². The molecule has 1 aliphatic rings. The van der Waals surface area contributed by atoms with Gasteiger partial charge >= 0.3 is 0 Å². The van der Waals surface area contributed by atoms with Gasteiger partial charge < -0.3 is 15.1 Å². The van der Waals surface area contributed by atoms with E-state index in [-0.39, 0.29) is 0 Å². The lowest BCUT2D eigenvalue weighted by atomic mass is 10.2. The Bertz CT molecular complexity index is 170. The van der Waals surface area contributed by atoms with Gasteiger partial charge in [0.1, 0.15) is 0 Å². The van der Waals surface area contributed by atoms with Crippen LogP contribution in [-0.2, 0) is 0 Å². The minimum Gasteiger partial charge on any atom is -0.313 e. The van der Waals surface area contributed by atoms with Crippen LogP contribution < -0.4 is 5.32 Å². The average molecular weight is 213 g/mol. The molecule has 1 rings (SSSR count). The van der Waals surface area contributed by atoms with Crippen molar-refractivity contribution in [3.8, 4) is 0 Å². The molecule has 3 nitrogen and oxygen atoms in total. The predicted molar refractivity (Wildman–Crippen MR) is 66.3 cm³/mol. The molecule has 0 radical (unpaired) electrons. The summed E-state index contributed by atoms with van der Waals surface area (Å²) >= 11 is 0. The lowest BCUT2D eigenvalue weighted by Crippen LogP contribution is -2.40. The summed E-state index contributed by atoms with van der Waals surface area (Å²) in [5, 5.41) is 3.55. The zero-order valence-electron chi connectivity index (χ0n) is 10.8. The summed E-state index contributed by atoms with van der Waals surface area (Å²) in [5.74, 6) is 0. The van der Waals surface area contributed by atoms with Crippen LogP contribution in [0.5, 0.6) is 0 Å². The molecule has 0 aromatic heterocycles. The van der Waals surface area contributed by atoms with E-state index in [0.29, 0.717) is 6.04 Å². The van der Waals surface area contributed by atoms with Crippen molar-refractivity contribution in [2.75, 3.05) is 40.3 Å². The smallest absolute Gasteiger partial charge is 0.0229 e. The van der Waals surface area contributed by atoms with Crippen LogP contribution in [0.15, 0.2) is 0 Å². The van der Waals surface area contributed by atoms with E-state index in [1.54, 1.807) is 0 Å². The second-order valence-corrected chi connectivity index (χ2v) is 5.02. The van der Waals surface area contributed by atoms with Gasteiger partial charge in [0.25, 0.3) is 0 Å². The third kappa shape index (κ3) is 4.49. The molecular weight excluding hydrogens is 186 g/mol. The largest absolute Gasteiger partial charge is 0.313 e. The van der Waals surface area contributed by atoms with E-state index >= 15 is 0 Å². The molecule has 0 saturated carbocycles. The molecule has 0 amide bonds. The number of hydrogen-bond donors (Lipinski definition) is 1. The third-order valence-corrected chi connectivity index (χ3v) is 3.25. The standard InChI is InChI=1S/C12H27N3/c1-5-7-13-11(2)9-15-8-6-12(10-15)14(3)4/h11-13H,5-10H2,1-4H3. The second-order valence-electron chi connectivity index (χ2n) is 5.02. The fourth-order valence-electron chi connectivity index (χ4n) is 2.24. The second kappa shape index (κ2) is 6.46. The SMILES string of the molecule is CCCNC(C)CN1CCC(N(C)C)C1. The summed E-state index contributed by atoms with van der Waals surface area (Å²) in [6, 6.07) is 1.40. The molecule has 15 heavy (non-hydrogen) atoms. The molecule has 0 aliphatic carbocycles. The van der Waals surface area contributed by atoms with Crippen LogP contribution >= 0.6 is 0 Å². The van der Waals surface area contributed by atoms with E-state index in [4.69, 9.17) is 0 Å². The zero-order chi connectivity index (χ0) is 11.3. The van der Waals surface area contributed by atoms with Gasteiger partial charge in [-0.2, -0.15) is 0 Å². The van der Waals surface area contributed by atoms with Crippen LogP contribution in [0.1, 0.15) is 26.7 Å². The van der Waals surface area contributed by atoms with Gasteiger partial charge in [0.2, 0.25) is 0 Å². The first-order valence-corrected chi connectivity index (χ1v) is 6.25. The Hall–Kier alpha value is -0.120. The van der Waals surface area contributed by atoms with E-state index in [0.717, 1.165) is 12.6 Å². The normalized spacial score (nSPS) is 25.0. The monoisotopic (exact) mass is 213 g/mol. The van der Waals surface area contributed by atoms with Crippen molar-refractivity contribution in [3.63, 3.8) is 0 Å². The van der Waals surface area contributed by atoms with Crippen LogP contribution in [0, 0.1) is 0 Å². The van der Waals surface area contributed by atoms with E-state index in [1.165, 1.54) is 32.5 Å². The van der Waals surface area contributed by atoms with Gasteiger partial charge in [-0.05, 0) is 47.0 Å². The Morgan fingerprint density at radius 3 is 2.73 bits per heavy atom. The van der Waals surface area contributed by atoms with Gasteiger partial charge in [-0.3, -0.25) is 0 Å². The van der Waals surface area contributed by atoms with Gasteiger partial charge in [-0.1, -0.05) is 6.92 Å². The summed E-state index contributed by atoms with van der Waals surface area (Å²) in [6.07, 6.45) is 2.55. The van der Waals surface area contributed by atoms with Crippen LogP contribution in [0.25, 0.3) is 0 Å². The van der Waals surface area contributed by atoms with Gasteiger partial charge in [0.05, 0.1) is 0 Å². The topological polar surface area (TPSA) is 18.5 Å². The van der Waals surface area contributed by atoms with Gasteiger partial charge in [-0.15, -0.1) is 0 Å². The predicted octanol–water partition coefficient (Wildman–Crippen LogP) is 1.01. The number of likely N-dealkylation sites (N-methyl/N-ethyl adjacent to an activating group) is 1. The highest BCUT2D eigenvalue weighted by Gasteiger charge is 2.24. The molecule has 0 aromatic rings. The lowest BCUT2D eigenvalue weighted by Gasteiger charge is -2.23. The maximum atomic E-state index is 3.55. The van der Waals surface area contributed by atoms with Crippen LogP contribution in [-0.4, -0.2) is 62.2 Å². The van der Waals surface area contributed by atoms with Crippen molar-refractivity contribution >= 4 is 0 Å². The van der Waals surface area contributed by atoms with Crippen molar-refractivity contribution in [2.24, 2.45) is 0 Å². The van der Waals surface area contributed by atoms with Crippen molar-refractivity contribution in [3.05, 3.63) is 0 Å². The van der Waals surface area contributed by atoms with Crippen molar-refractivity contribution in [1.82, 2.24) is 15.1 Å². The van der Waals surface area contributed by atoms with Gasteiger partial charge in [0, 0.05) is 25.2 Å². The fraction of sp³-hybridized carbons (Fsp3) is 1.00. The fourth-order valence-corrected chi connectivity index (χ4v) is 2.24. The highest BCUT2D eigenvalue weighted by molar-refractivity contribution is 4.82. The van der Waals surface area contributed by atoms with E-state index in [1.807, 2.05) is 0 Å². The Morgan fingerprint density at radius 1 is 1.47 bits per heavy atom. The highest BCUT2D eigenvalue weighted by Crippen LogP contribution is 2.13. The molecule has 0 aromatic carbocycles. The molecule has 1 N–H and O–H groups in total. The first kappa shape index (κ1) is 12.9. The molecule has 0 bridgehead atoms. The number of nitrogens with zero attached hydrogens (tertiary/aromatic N) is 2. The van der Waals surface area contributed by atoms with Crippen molar-refractivity contribution in [2.45, 2.75) is 38.8 Å². The molecule has 3 heteroatoms. The maximum absolute atomic E-state index is 3.55. The Labute approximate surface area is 94.8 Å². The molecule has 1 heterocycles. The van der Waals surface area contributed by atoms with Gasteiger partial charge in [0.15, 0.2) is 0 Å². The summed E-state index contributed by atoms with van der Waals surface area (Å²) in [7, 11) is 4.37. The molecule has 2 unspecified atom stereocenters. The summed E-state index contributed by atoms with van der Waals surface area (Å²) in [5.41, 5.74) is 0. The maximum Gasteiger partial charge on any atom is 0.0229 e. The molecule has 0 spiro atoms. The Kier molecular flexibility index (Phi) is 5.58. The molecular formula is C12H27N3. The quantitative estimate of drug-likeness (QED) is 0.710. The lowest BCUT2D eigenvalue weighted by molar-refractivity contribution is 0.254. The van der Waals surface area contributed by atoms with Crippen molar-refractivity contribution in [1.29, 1.82) is 0 Å². The molecule has 1 saturated heterocycles. The molecule has 2 atom stereocenters. The average Bonchev–Trinajstić information content (AvgIpc) is 2.63. The van der Waals surface area contributed by atoms with E-state index in [9.17, 15) is 0 Å². The first-order valence-electron chi connectivity index (χ1n) is 6.25. The third-order valence-electron chi connectivity index (χ3n) is 3.25. The zero-order valence-corrected chi connectivity index (χ0v) is 10.8. The molecule has 1 aliphatic heterocycles. The number of hydrogen-bond acceptors (Lipinski definition) is 3. The van der Waals surface area contributed by atoms with Crippen LogP contribution in [0.4, 0.5) is 0 Å². The summed E-state index contributed by atoms with van der Waals surface area (Å²) < 4.78 is 0. The summed E-state index contributed by atoms with van der Waals surface area (Å²) in [4.78, 5) is 4.93. The summed E-state index contributed by atoms with van der Waals surface area (Å²) in [6.45, 7) is 9.36.